The SMILES string of the molecule is CCCCc1c(C=O)cccc1C(=O)O. The van der Waals surface area contributed by atoms with Crippen LogP contribution in [-0.4, -0.2) is 17.4 Å². The van der Waals surface area contributed by atoms with Crippen LogP contribution in [0.15, 0.2) is 18.2 Å². The van der Waals surface area contributed by atoms with Gasteiger partial charge in [0.1, 0.15) is 6.29 Å². The van der Waals surface area contributed by atoms with E-state index in [-0.39, 0.29) is 5.56 Å². The molecule has 0 saturated carbocycles. The highest BCUT2D eigenvalue weighted by molar-refractivity contribution is 5.92. The Balaban J connectivity index is 3.14. The molecule has 0 bridgehead atoms. The molecule has 0 spiro atoms. The van der Waals surface area contributed by atoms with Gasteiger partial charge in [0, 0.05) is 5.56 Å². The Kier molecular flexibility index (Phi) is 4.03. The summed E-state index contributed by atoms with van der Waals surface area (Å²) < 4.78 is 0. The molecule has 3 heteroatoms. The van der Waals surface area contributed by atoms with Gasteiger partial charge in [0.15, 0.2) is 0 Å². The van der Waals surface area contributed by atoms with Crippen LogP contribution >= 0.6 is 0 Å². The van der Waals surface area contributed by atoms with E-state index in [1.54, 1.807) is 18.2 Å². The summed E-state index contributed by atoms with van der Waals surface area (Å²) in [6.07, 6.45) is 3.24. The van der Waals surface area contributed by atoms with Gasteiger partial charge in [0.2, 0.25) is 0 Å². The number of aldehydes is 1. The number of hydrogen-bond donors (Lipinski definition) is 1. The minimum atomic E-state index is -0.968. The van der Waals surface area contributed by atoms with Gasteiger partial charge in [-0.25, -0.2) is 4.79 Å². The minimum absolute atomic E-state index is 0.244. The molecular weight excluding hydrogens is 192 g/mol. The lowest BCUT2D eigenvalue weighted by Gasteiger charge is -2.07. The monoisotopic (exact) mass is 206 g/mol. The standard InChI is InChI=1S/C12H14O3/c1-2-3-6-10-9(8-13)5-4-7-11(10)12(14)15/h4-5,7-8H,2-3,6H2,1H3,(H,14,15). The molecule has 0 aliphatic carbocycles. The normalized spacial score (nSPS) is 9.93. The summed E-state index contributed by atoms with van der Waals surface area (Å²) in [6.45, 7) is 2.03. The molecule has 15 heavy (non-hydrogen) atoms. The molecule has 0 aliphatic rings. The van der Waals surface area contributed by atoms with Crippen molar-refractivity contribution in [2.45, 2.75) is 26.2 Å². The smallest absolute Gasteiger partial charge is 0.335 e. The van der Waals surface area contributed by atoms with Crippen LogP contribution in [0.4, 0.5) is 0 Å². The van der Waals surface area contributed by atoms with E-state index >= 15 is 0 Å². The average molecular weight is 206 g/mol. The number of benzene rings is 1. The van der Waals surface area contributed by atoms with Gasteiger partial charge < -0.3 is 5.11 Å². The Hall–Kier alpha value is -1.64. The van der Waals surface area contributed by atoms with Gasteiger partial charge in [-0.1, -0.05) is 25.5 Å². The highest BCUT2D eigenvalue weighted by atomic mass is 16.4. The zero-order valence-electron chi connectivity index (χ0n) is 8.69. The van der Waals surface area contributed by atoms with Crippen molar-refractivity contribution in [3.8, 4) is 0 Å². The van der Waals surface area contributed by atoms with E-state index in [0.717, 1.165) is 19.1 Å². The first-order chi connectivity index (χ1) is 7.20. The summed E-state index contributed by atoms with van der Waals surface area (Å²) in [6, 6.07) is 4.80. The quantitative estimate of drug-likeness (QED) is 0.753. The van der Waals surface area contributed by atoms with Gasteiger partial charge in [-0.15, -0.1) is 0 Å². The third-order valence-corrected chi connectivity index (χ3v) is 2.35. The number of unbranched alkanes of at least 4 members (excludes halogenated alkanes) is 1. The fraction of sp³-hybridized carbons (Fsp3) is 0.333. The molecule has 3 nitrogen and oxygen atoms in total. The lowest BCUT2D eigenvalue weighted by atomic mass is 9.97. The fourth-order valence-corrected chi connectivity index (χ4v) is 1.55. The fourth-order valence-electron chi connectivity index (χ4n) is 1.55. The average Bonchev–Trinajstić information content (AvgIpc) is 2.25. The summed E-state index contributed by atoms with van der Waals surface area (Å²) in [7, 11) is 0. The van der Waals surface area contributed by atoms with E-state index in [2.05, 4.69) is 0 Å². The highest BCUT2D eigenvalue weighted by Gasteiger charge is 2.12. The number of hydrogen-bond acceptors (Lipinski definition) is 2. The van der Waals surface area contributed by atoms with Gasteiger partial charge in [-0.3, -0.25) is 4.79 Å². The van der Waals surface area contributed by atoms with Crippen LogP contribution in [0.25, 0.3) is 0 Å². The molecule has 1 aromatic rings. The Morgan fingerprint density at radius 3 is 2.73 bits per heavy atom. The van der Waals surface area contributed by atoms with Crippen molar-refractivity contribution in [3.05, 3.63) is 34.9 Å². The molecule has 1 aromatic carbocycles. The third-order valence-electron chi connectivity index (χ3n) is 2.35. The maximum absolute atomic E-state index is 10.9. The number of aromatic carboxylic acids is 1. The van der Waals surface area contributed by atoms with E-state index < -0.39 is 5.97 Å². The van der Waals surface area contributed by atoms with Crippen molar-refractivity contribution in [1.82, 2.24) is 0 Å². The number of rotatable bonds is 5. The summed E-state index contributed by atoms with van der Waals surface area (Å²) in [5.74, 6) is -0.968. The van der Waals surface area contributed by atoms with Crippen LogP contribution in [-0.2, 0) is 6.42 Å². The maximum atomic E-state index is 10.9. The predicted molar refractivity (Wildman–Crippen MR) is 57.4 cm³/mol. The summed E-state index contributed by atoms with van der Waals surface area (Å²) in [4.78, 5) is 21.7. The van der Waals surface area contributed by atoms with Gasteiger partial charge >= 0.3 is 5.97 Å². The molecule has 80 valence electrons. The molecule has 0 saturated heterocycles. The van der Waals surface area contributed by atoms with Gasteiger partial charge in [-0.05, 0) is 24.5 Å². The summed E-state index contributed by atoms with van der Waals surface area (Å²) >= 11 is 0. The Labute approximate surface area is 88.7 Å². The Morgan fingerprint density at radius 2 is 2.20 bits per heavy atom. The van der Waals surface area contributed by atoms with Crippen molar-refractivity contribution in [2.75, 3.05) is 0 Å². The molecule has 0 heterocycles. The van der Waals surface area contributed by atoms with Gasteiger partial charge in [0.25, 0.3) is 0 Å². The number of carboxylic acids is 1. The third kappa shape index (κ3) is 2.65. The highest BCUT2D eigenvalue weighted by Crippen LogP contribution is 2.16. The van der Waals surface area contributed by atoms with Gasteiger partial charge in [-0.2, -0.15) is 0 Å². The molecule has 0 amide bonds. The summed E-state index contributed by atoms with van der Waals surface area (Å²) in [5.41, 5.74) is 1.39. The van der Waals surface area contributed by atoms with Crippen molar-refractivity contribution < 1.29 is 14.7 Å². The first-order valence-electron chi connectivity index (χ1n) is 5.01. The molecule has 1 rings (SSSR count). The molecular formula is C12H14O3. The molecule has 1 N–H and O–H groups in total. The number of carboxylic acid groups (broad SMARTS) is 1. The van der Waals surface area contributed by atoms with E-state index in [1.165, 1.54) is 0 Å². The van der Waals surface area contributed by atoms with E-state index in [4.69, 9.17) is 5.11 Å². The van der Waals surface area contributed by atoms with E-state index in [9.17, 15) is 9.59 Å². The topological polar surface area (TPSA) is 54.4 Å². The first-order valence-corrected chi connectivity index (χ1v) is 5.01. The van der Waals surface area contributed by atoms with Crippen molar-refractivity contribution in [2.24, 2.45) is 0 Å². The lowest BCUT2D eigenvalue weighted by Crippen LogP contribution is -2.05. The van der Waals surface area contributed by atoms with Crippen molar-refractivity contribution >= 4 is 12.3 Å². The second kappa shape index (κ2) is 5.29. The molecule has 0 unspecified atom stereocenters. The molecule has 0 radical (unpaired) electrons. The Bertz CT molecular complexity index is 369. The second-order valence-corrected chi connectivity index (χ2v) is 3.40. The second-order valence-electron chi connectivity index (χ2n) is 3.40. The van der Waals surface area contributed by atoms with E-state index in [0.29, 0.717) is 17.5 Å². The minimum Gasteiger partial charge on any atom is -0.478 e. The molecule has 0 atom stereocenters. The van der Waals surface area contributed by atoms with Crippen molar-refractivity contribution in [1.29, 1.82) is 0 Å². The van der Waals surface area contributed by atoms with Crippen LogP contribution in [0, 0.1) is 0 Å². The zero-order chi connectivity index (χ0) is 11.3. The maximum Gasteiger partial charge on any atom is 0.335 e. The number of carbonyl (C=O) groups is 2. The van der Waals surface area contributed by atoms with Crippen LogP contribution in [0.2, 0.25) is 0 Å². The molecule has 0 fully saturated rings. The van der Waals surface area contributed by atoms with Crippen LogP contribution in [0.3, 0.4) is 0 Å². The lowest BCUT2D eigenvalue weighted by molar-refractivity contribution is 0.0695. The largest absolute Gasteiger partial charge is 0.478 e. The number of carbonyl (C=O) groups excluding carboxylic acids is 1. The van der Waals surface area contributed by atoms with Crippen molar-refractivity contribution in [3.63, 3.8) is 0 Å². The van der Waals surface area contributed by atoms with E-state index in [1.807, 2.05) is 6.92 Å². The van der Waals surface area contributed by atoms with Crippen LogP contribution in [0.1, 0.15) is 46.0 Å². The zero-order valence-corrected chi connectivity index (χ0v) is 8.69. The Morgan fingerprint density at radius 1 is 1.47 bits per heavy atom. The summed E-state index contributed by atoms with van der Waals surface area (Å²) in [5, 5.41) is 8.97. The van der Waals surface area contributed by atoms with Crippen LogP contribution < -0.4 is 0 Å². The predicted octanol–water partition coefficient (Wildman–Crippen LogP) is 2.54. The molecule has 0 aromatic heterocycles. The first kappa shape index (κ1) is 11.4. The van der Waals surface area contributed by atoms with Gasteiger partial charge in [0.05, 0.1) is 5.56 Å². The molecule has 0 aliphatic heterocycles. The van der Waals surface area contributed by atoms with Crippen LogP contribution in [0.5, 0.6) is 0 Å².